The van der Waals surface area contributed by atoms with Crippen molar-refractivity contribution >= 4 is 17.5 Å². The Balaban J connectivity index is 1.20. The van der Waals surface area contributed by atoms with Crippen LogP contribution in [0.4, 0.5) is 0 Å². The van der Waals surface area contributed by atoms with Crippen molar-refractivity contribution in [1.29, 1.82) is 0 Å². The predicted molar refractivity (Wildman–Crippen MR) is 147 cm³/mol. The molecule has 0 amide bonds. The van der Waals surface area contributed by atoms with Crippen LogP contribution in [0.15, 0.2) is 41.9 Å². The standard InChI is InChI=1S/C29H41N5O4/c1-30-29-32-14-13-23(34-16-15-31-20-34)18-22(33-29)5-4-6-24(35)19-25(36)11-9-21-10-12-27(37)28(17-21)38-26-7-2-3-8-26/h10,12,15-17,20,22-23,26,37H,2-9,11,13-14,18-19H2,1H3,(H2,30,32,33)/t22-,23+/m1/s1. The second-order valence-corrected chi connectivity index (χ2v) is 10.5. The number of hydrogen-bond acceptors (Lipinski definition) is 6. The van der Waals surface area contributed by atoms with Crippen LogP contribution < -0.4 is 15.4 Å². The van der Waals surface area contributed by atoms with E-state index in [4.69, 9.17) is 4.74 Å². The molecule has 0 unspecified atom stereocenters. The molecule has 38 heavy (non-hydrogen) atoms. The maximum absolute atomic E-state index is 12.6. The molecule has 1 aromatic carbocycles. The Morgan fingerprint density at radius 3 is 2.76 bits per heavy atom. The van der Waals surface area contributed by atoms with E-state index in [1.807, 2.05) is 24.7 Å². The number of rotatable bonds is 12. The Hall–Kier alpha value is -3.36. The van der Waals surface area contributed by atoms with Crippen molar-refractivity contribution < 1.29 is 19.4 Å². The first-order valence-electron chi connectivity index (χ1n) is 14.0. The van der Waals surface area contributed by atoms with E-state index in [1.54, 1.807) is 19.3 Å². The molecule has 3 N–H and O–H groups in total. The summed E-state index contributed by atoms with van der Waals surface area (Å²) in [6.07, 6.45) is 14.8. The summed E-state index contributed by atoms with van der Waals surface area (Å²) in [5, 5.41) is 17.0. The third-order valence-corrected chi connectivity index (χ3v) is 7.55. The number of ketones is 2. The lowest BCUT2D eigenvalue weighted by Crippen LogP contribution is -2.47. The van der Waals surface area contributed by atoms with Crippen LogP contribution in [0.1, 0.15) is 82.2 Å². The summed E-state index contributed by atoms with van der Waals surface area (Å²) < 4.78 is 8.10. The minimum atomic E-state index is -0.0461. The van der Waals surface area contributed by atoms with Gasteiger partial charge < -0.3 is 25.0 Å². The van der Waals surface area contributed by atoms with Gasteiger partial charge in [-0.2, -0.15) is 0 Å². The number of benzene rings is 1. The van der Waals surface area contributed by atoms with E-state index < -0.39 is 0 Å². The van der Waals surface area contributed by atoms with Crippen LogP contribution in [0, 0.1) is 0 Å². The van der Waals surface area contributed by atoms with E-state index in [2.05, 4.69) is 25.2 Å². The van der Waals surface area contributed by atoms with Crippen molar-refractivity contribution in [3.8, 4) is 11.5 Å². The molecule has 0 spiro atoms. The second-order valence-electron chi connectivity index (χ2n) is 10.5. The van der Waals surface area contributed by atoms with E-state index in [-0.39, 0.29) is 35.9 Å². The van der Waals surface area contributed by atoms with Crippen molar-refractivity contribution in [2.75, 3.05) is 13.6 Å². The molecule has 0 radical (unpaired) electrons. The van der Waals surface area contributed by atoms with Crippen LogP contribution in [0.3, 0.4) is 0 Å². The maximum Gasteiger partial charge on any atom is 0.191 e. The van der Waals surface area contributed by atoms with Crippen LogP contribution in [-0.2, 0) is 16.0 Å². The lowest BCUT2D eigenvalue weighted by atomic mass is 9.96. The fourth-order valence-electron chi connectivity index (χ4n) is 5.42. The first-order chi connectivity index (χ1) is 18.5. The fraction of sp³-hybridized carbons (Fsp3) is 0.586. The molecule has 2 heterocycles. The molecule has 1 aromatic heterocycles. The van der Waals surface area contributed by atoms with Gasteiger partial charge in [0.1, 0.15) is 11.6 Å². The van der Waals surface area contributed by atoms with Gasteiger partial charge in [0.2, 0.25) is 0 Å². The van der Waals surface area contributed by atoms with Crippen molar-refractivity contribution in [1.82, 2.24) is 20.2 Å². The molecule has 2 aliphatic rings. The number of phenolic OH excluding ortho intramolecular Hbond substituents is 1. The number of guanidine groups is 1. The predicted octanol–water partition coefficient (Wildman–Crippen LogP) is 4.11. The Morgan fingerprint density at radius 2 is 2.00 bits per heavy atom. The Morgan fingerprint density at radius 1 is 1.18 bits per heavy atom. The molecule has 1 saturated heterocycles. The lowest BCUT2D eigenvalue weighted by molar-refractivity contribution is -0.127. The van der Waals surface area contributed by atoms with Gasteiger partial charge in [0.15, 0.2) is 17.5 Å². The van der Waals surface area contributed by atoms with Crippen LogP contribution in [-0.4, -0.2) is 57.9 Å². The normalized spacial score (nSPS) is 21.3. The maximum atomic E-state index is 12.6. The molecule has 1 aliphatic carbocycles. The quantitative estimate of drug-likeness (QED) is 0.358. The zero-order chi connectivity index (χ0) is 26.7. The fourth-order valence-corrected chi connectivity index (χ4v) is 5.42. The number of ether oxygens (including phenoxy) is 1. The summed E-state index contributed by atoms with van der Waals surface area (Å²) in [5.74, 6) is 1.35. The van der Waals surface area contributed by atoms with E-state index in [1.165, 1.54) is 0 Å². The van der Waals surface area contributed by atoms with Crippen LogP contribution in [0.2, 0.25) is 0 Å². The summed E-state index contributed by atoms with van der Waals surface area (Å²) in [6, 6.07) is 5.76. The van der Waals surface area contributed by atoms with Crippen molar-refractivity contribution in [2.24, 2.45) is 4.99 Å². The highest BCUT2D eigenvalue weighted by Crippen LogP contribution is 2.32. The van der Waals surface area contributed by atoms with Crippen molar-refractivity contribution in [3.05, 3.63) is 42.5 Å². The SMILES string of the molecule is CN=C1NCC[C@H](n2ccnc2)C[C@@H](CCCC(=O)CC(=O)CCc2ccc(O)c(OC3CCCC3)c2)N1. The van der Waals surface area contributed by atoms with Gasteiger partial charge in [-0.05, 0) is 75.5 Å². The van der Waals surface area contributed by atoms with Crippen molar-refractivity contribution in [3.63, 3.8) is 0 Å². The number of carbonyl (C=O) groups is 2. The molecule has 9 nitrogen and oxygen atoms in total. The van der Waals surface area contributed by atoms with E-state index in [0.717, 1.165) is 69.4 Å². The number of phenols is 1. The highest BCUT2D eigenvalue weighted by molar-refractivity contribution is 5.99. The van der Waals surface area contributed by atoms with Gasteiger partial charge in [-0.15, -0.1) is 0 Å². The minimum absolute atomic E-state index is 0.00882. The van der Waals surface area contributed by atoms with E-state index in [0.29, 0.717) is 31.1 Å². The lowest BCUT2D eigenvalue weighted by Gasteiger charge is -2.30. The largest absolute Gasteiger partial charge is 0.504 e. The van der Waals surface area contributed by atoms with E-state index >= 15 is 0 Å². The molecule has 1 aliphatic heterocycles. The van der Waals surface area contributed by atoms with Crippen LogP contribution >= 0.6 is 0 Å². The molecular weight excluding hydrogens is 482 g/mol. The first-order valence-corrected chi connectivity index (χ1v) is 14.0. The molecule has 9 heteroatoms. The summed E-state index contributed by atoms with van der Waals surface area (Å²) >= 11 is 0. The molecule has 4 rings (SSSR count). The molecule has 2 aromatic rings. The Kier molecular flexibility index (Phi) is 10.2. The number of aromatic hydroxyl groups is 1. The van der Waals surface area contributed by atoms with Gasteiger partial charge >= 0.3 is 0 Å². The van der Waals surface area contributed by atoms with Gasteiger partial charge in [0.25, 0.3) is 0 Å². The van der Waals surface area contributed by atoms with Crippen molar-refractivity contribution in [2.45, 2.75) is 95.2 Å². The average molecular weight is 524 g/mol. The third-order valence-electron chi connectivity index (χ3n) is 7.55. The smallest absolute Gasteiger partial charge is 0.191 e. The highest BCUT2D eigenvalue weighted by atomic mass is 16.5. The zero-order valence-electron chi connectivity index (χ0n) is 22.4. The number of nitrogens with zero attached hydrogens (tertiary/aromatic N) is 3. The van der Waals surface area contributed by atoms with Gasteiger partial charge in [-0.3, -0.25) is 14.6 Å². The van der Waals surface area contributed by atoms with Gasteiger partial charge in [-0.1, -0.05) is 6.07 Å². The second kappa shape index (κ2) is 14.0. The van der Waals surface area contributed by atoms with Gasteiger partial charge in [0.05, 0.1) is 18.9 Å². The number of Topliss-reactive ketones (excluding diaryl/α,β-unsaturated/α-hetero) is 2. The molecule has 2 fully saturated rings. The molecule has 0 bridgehead atoms. The molecule has 2 atom stereocenters. The molecule has 206 valence electrons. The van der Waals surface area contributed by atoms with Gasteiger partial charge in [0, 0.05) is 50.9 Å². The number of nitrogens with one attached hydrogen (secondary N) is 2. The third kappa shape index (κ3) is 8.33. The number of aryl methyl sites for hydroxylation is 1. The van der Waals surface area contributed by atoms with E-state index in [9.17, 15) is 14.7 Å². The monoisotopic (exact) mass is 523 g/mol. The van der Waals surface area contributed by atoms with Gasteiger partial charge in [-0.25, -0.2) is 4.98 Å². The number of carbonyl (C=O) groups excluding carboxylic acids is 2. The number of aliphatic imine (C=N–C) groups is 1. The number of aromatic nitrogens is 2. The number of imidazole rings is 1. The summed E-state index contributed by atoms with van der Waals surface area (Å²) in [6.45, 7) is 0.828. The summed E-state index contributed by atoms with van der Waals surface area (Å²) in [4.78, 5) is 33.5. The minimum Gasteiger partial charge on any atom is -0.504 e. The highest BCUT2D eigenvalue weighted by Gasteiger charge is 2.22. The zero-order valence-corrected chi connectivity index (χ0v) is 22.4. The Bertz CT molecular complexity index is 1080. The number of hydrogen-bond donors (Lipinski definition) is 3. The topological polar surface area (TPSA) is 118 Å². The first kappa shape index (κ1) is 27.7. The summed E-state index contributed by atoms with van der Waals surface area (Å²) in [5.41, 5.74) is 0.932. The summed E-state index contributed by atoms with van der Waals surface area (Å²) in [7, 11) is 1.76. The molecule has 1 saturated carbocycles. The Labute approximate surface area is 225 Å². The average Bonchev–Trinajstić information content (AvgIpc) is 3.60. The van der Waals surface area contributed by atoms with Crippen LogP contribution in [0.5, 0.6) is 11.5 Å². The molecular formula is C29H41N5O4. The van der Waals surface area contributed by atoms with Crippen LogP contribution in [0.25, 0.3) is 0 Å².